The monoisotopic (exact) mass is 270 g/mol. The highest BCUT2D eigenvalue weighted by atomic mass is 16.3. The molecular weight excluding hydrogens is 256 g/mol. The lowest BCUT2D eigenvalue weighted by Crippen LogP contribution is -2.27. The van der Waals surface area contributed by atoms with E-state index in [0.717, 1.165) is 5.52 Å². The van der Waals surface area contributed by atoms with E-state index in [2.05, 4.69) is 15.4 Å². The summed E-state index contributed by atoms with van der Waals surface area (Å²) in [5, 5.41) is 6.87. The first-order chi connectivity index (χ1) is 9.63. The Morgan fingerprint density at radius 1 is 1.35 bits per heavy atom. The average molecular weight is 270 g/mol. The molecule has 0 spiro atoms. The molecule has 0 saturated carbocycles. The standard InChI is InChI=1S/C14H14N4O2/c1-9(15-13(19)11-7-8-18(2)17-11)14-16-10-5-3-4-6-12(10)20-14/h3-9H,1-2H3,(H,15,19). The van der Waals surface area contributed by atoms with Crippen molar-refractivity contribution in [2.45, 2.75) is 13.0 Å². The van der Waals surface area contributed by atoms with E-state index in [1.165, 1.54) is 0 Å². The van der Waals surface area contributed by atoms with Crippen LogP contribution in [0.15, 0.2) is 40.9 Å². The highest BCUT2D eigenvalue weighted by Gasteiger charge is 2.17. The molecular formula is C14H14N4O2. The highest BCUT2D eigenvalue weighted by Crippen LogP contribution is 2.19. The Hall–Kier alpha value is -2.63. The molecule has 0 radical (unpaired) electrons. The first kappa shape index (κ1) is 12.4. The maximum atomic E-state index is 12.0. The third kappa shape index (κ3) is 2.27. The average Bonchev–Trinajstić information content (AvgIpc) is 3.04. The molecule has 1 unspecified atom stereocenters. The number of rotatable bonds is 3. The second-order valence-electron chi connectivity index (χ2n) is 4.59. The van der Waals surface area contributed by atoms with Crippen molar-refractivity contribution in [1.29, 1.82) is 0 Å². The first-order valence-corrected chi connectivity index (χ1v) is 6.29. The van der Waals surface area contributed by atoms with Gasteiger partial charge in [0.1, 0.15) is 17.3 Å². The van der Waals surface area contributed by atoms with Gasteiger partial charge in [0, 0.05) is 13.2 Å². The zero-order chi connectivity index (χ0) is 14.1. The number of hydrogen-bond acceptors (Lipinski definition) is 4. The van der Waals surface area contributed by atoms with Crippen LogP contribution in [-0.4, -0.2) is 20.7 Å². The van der Waals surface area contributed by atoms with Gasteiger partial charge in [-0.1, -0.05) is 12.1 Å². The molecule has 102 valence electrons. The van der Waals surface area contributed by atoms with E-state index >= 15 is 0 Å². The molecule has 3 rings (SSSR count). The van der Waals surface area contributed by atoms with Gasteiger partial charge in [0.15, 0.2) is 5.58 Å². The largest absolute Gasteiger partial charge is 0.438 e. The second kappa shape index (κ2) is 4.80. The minimum atomic E-state index is -0.322. The lowest BCUT2D eigenvalue weighted by atomic mass is 10.3. The Morgan fingerprint density at radius 2 is 2.15 bits per heavy atom. The molecule has 2 aromatic heterocycles. The van der Waals surface area contributed by atoms with Crippen LogP contribution in [0.25, 0.3) is 11.1 Å². The van der Waals surface area contributed by atoms with E-state index in [0.29, 0.717) is 17.2 Å². The minimum absolute atomic E-state index is 0.250. The van der Waals surface area contributed by atoms with Crippen molar-refractivity contribution in [3.05, 3.63) is 48.1 Å². The Bertz CT molecular complexity index is 726. The molecule has 1 atom stereocenters. The molecule has 20 heavy (non-hydrogen) atoms. The maximum absolute atomic E-state index is 12.0. The van der Waals surface area contributed by atoms with Crippen molar-refractivity contribution < 1.29 is 9.21 Å². The molecule has 3 aromatic rings. The molecule has 0 aliphatic rings. The summed E-state index contributed by atoms with van der Waals surface area (Å²) in [6.45, 7) is 1.82. The lowest BCUT2D eigenvalue weighted by molar-refractivity contribution is 0.0928. The van der Waals surface area contributed by atoms with Crippen LogP contribution in [0.2, 0.25) is 0 Å². The van der Waals surface area contributed by atoms with Crippen LogP contribution < -0.4 is 5.32 Å². The molecule has 0 bridgehead atoms. The van der Waals surface area contributed by atoms with Gasteiger partial charge in [-0.05, 0) is 25.1 Å². The molecule has 0 aliphatic heterocycles. The fourth-order valence-electron chi connectivity index (χ4n) is 1.94. The molecule has 6 nitrogen and oxygen atoms in total. The number of nitrogens with one attached hydrogen (secondary N) is 1. The van der Waals surface area contributed by atoms with Gasteiger partial charge in [-0.2, -0.15) is 5.10 Å². The van der Waals surface area contributed by atoms with Crippen LogP contribution in [0.3, 0.4) is 0 Å². The normalized spacial score (nSPS) is 12.5. The fourth-order valence-corrected chi connectivity index (χ4v) is 1.94. The SMILES string of the molecule is CC(NC(=O)c1ccn(C)n1)c1nc2ccccc2o1. The molecule has 1 aromatic carbocycles. The molecule has 2 heterocycles. The molecule has 1 N–H and O–H groups in total. The van der Waals surface area contributed by atoms with Crippen molar-refractivity contribution in [1.82, 2.24) is 20.1 Å². The van der Waals surface area contributed by atoms with Crippen molar-refractivity contribution in [3.8, 4) is 0 Å². The Morgan fingerprint density at radius 3 is 2.85 bits per heavy atom. The third-order valence-electron chi connectivity index (χ3n) is 2.97. The number of benzene rings is 1. The zero-order valence-electron chi connectivity index (χ0n) is 11.2. The minimum Gasteiger partial charge on any atom is -0.438 e. The Balaban J connectivity index is 1.78. The zero-order valence-corrected chi connectivity index (χ0v) is 11.2. The van der Waals surface area contributed by atoms with E-state index in [1.807, 2.05) is 31.2 Å². The van der Waals surface area contributed by atoms with Crippen molar-refractivity contribution >= 4 is 17.0 Å². The molecule has 0 saturated heterocycles. The van der Waals surface area contributed by atoms with Gasteiger partial charge >= 0.3 is 0 Å². The summed E-state index contributed by atoms with van der Waals surface area (Å²) in [5.74, 6) is 0.232. The molecule has 0 fully saturated rings. The number of amides is 1. The number of fused-ring (bicyclic) bond motifs is 1. The topological polar surface area (TPSA) is 73.0 Å². The maximum Gasteiger partial charge on any atom is 0.272 e. The number of carbonyl (C=O) groups excluding carboxylic acids is 1. The smallest absolute Gasteiger partial charge is 0.272 e. The second-order valence-corrected chi connectivity index (χ2v) is 4.59. The van der Waals surface area contributed by atoms with E-state index in [1.54, 1.807) is 24.0 Å². The summed E-state index contributed by atoms with van der Waals surface area (Å²) in [7, 11) is 1.76. The summed E-state index contributed by atoms with van der Waals surface area (Å²) < 4.78 is 7.20. The van der Waals surface area contributed by atoms with Gasteiger partial charge in [-0.3, -0.25) is 9.48 Å². The molecule has 6 heteroatoms. The number of para-hydroxylation sites is 2. The quantitative estimate of drug-likeness (QED) is 0.790. The summed E-state index contributed by atoms with van der Waals surface area (Å²) in [6.07, 6.45) is 1.72. The van der Waals surface area contributed by atoms with Crippen molar-refractivity contribution in [3.63, 3.8) is 0 Å². The van der Waals surface area contributed by atoms with Crippen molar-refractivity contribution in [2.24, 2.45) is 7.05 Å². The van der Waals surface area contributed by atoms with Gasteiger partial charge in [0.2, 0.25) is 5.89 Å². The summed E-state index contributed by atoms with van der Waals surface area (Å²) in [5.41, 5.74) is 1.86. The van der Waals surface area contributed by atoms with E-state index in [-0.39, 0.29) is 11.9 Å². The molecule has 0 aliphatic carbocycles. The third-order valence-corrected chi connectivity index (χ3v) is 2.97. The van der Waals surface area contributed by atoms with Crippen LogP contribution >= 0.6 is 0 Å². The van der Waals surface area contributed by atoms with Crippen LogP contribution in [0, 0.1) is 0 Å². The van der Waals surface area contributed by atoms with Gasteiger partial charge in [-0.15, -0.1) is 0 Å². The number of nitrogens with zero attached hydrogens (tertiary/aromatic N) is 3. The predicted octanol–water partition coefficient (Wildman–Crippen LogP) is 2.05. The van der Waals surface area contributed by atoms with Crippen molar-refractivity contribution in [2.75, 3.05) is 0 Å². The van der Waals surface area contributed by atoms with Gasteiger partial charge in [0.25, 0.3) is 5.91 Å². The number of hydrogen-bond donors (Lipinski definition) is 1. The predicted molar refractivity (Wildman–Crippen MR) is 73.1 cm³/mol. The van der Waals surface area contributed by atoms with Crippen LogP contribution in [0.5, 0.6) is 0 Å². The summed E-state index contributed by atoms with van der Waals surface area (Å²) >= 11 is 0. The van der Waals surface area contributed by atoms with E-state index in [4.69, 9.17) is 4.42 Å². The number of oxazole rings is 1. The fraction of sp³-hybridized carbons (Fsp3) is 0.214. The number of aromatic nitrogens is 3. The summed E-state index contributed by atoms with van der Waals surface area (Å²) in [6, 6.07) is 8.83. The van der Waals surface area contributed by atoms with Gasteiger partial charge in [0.05, 0.1) is 0 Å². The Kier molecular flexibility index (Phi) is 2.98. The van der Waals surface area contributed by atoms with Crippen LogP contribution in [0.4, 0.5) is 0 Å². The van der Waals surface area contributed by atoms with Gasteiger partial charge < -0.3 is 9.73 Å². The number of carbonyl (C=O) groups is 1. The first-order valence-electron chi connectivity index (χ1n) is 6.29. The van der Waals surface area contributed by atoms with E-state index < -0.39 is 0 Å². The van der Waals surface area contributed by atoms with Gasteiger partial charge in [-0.25, -0.2) is 4.98 Å². The lowest BCUT2D eigenvalue weighted by Gasteiger charge is -2.08. The summed E-state index contributed by atoms with van der Waals surface area (Å²) in [4.78, 5) is 16.4. The van der Waals surface area contributed by atoms with Crippen LogP contribution in [-0.2, 0) is 7.05 Å². The van der Waals surface area contributed by atoms with Crippen LogP contribution in [0.1, 0.15) is 29.3 Å². The Labute approximate surface area is 115 Å². The highest BCUT2D eigenvalue weighted by molar-refractivity contribution is 5.92. The molecule has 1 amide bonds. The van der Waals surface area contributed by atoms with E-state index in [9.17, 15) is 4.79 Å². The number of aryl methyl sites for hydroxylation is 1.